The first-order chi connectivity index (χ1) is 9.24. The van der Waals surface area contributed by atoms with Gasteiger partial charge in [0.1, 0.15) is 0 Å². The van der Waals surface area contributed by atoms with Crippen molar-refractivity contribution >= 4 is 17.7 Å². The number of amides is 1. The summed E-state index contributed by atoms with van der Waals surface area (Å²) < 4.78 is 0. The second-order valence-corrected chi connectivity index (χ2v) is 5.92. The smallest absolute Gasteiger partial charge is 0.234 e. The van der Waals surface area contributed by atoms with E-state index in [9.17, 15) is 4.79 Å². The molecule has 4 nitrogen and oxygen atoms in total. The molecule has 0 radical (unpaired) electrons. The molecule has 3 rings (SSSR count). The summed E-state index contributed by atoms with van der Waals surface area (Å²) in [5.41, 5.74) is 2.26. The Balaban J connectivity index is 1.64. The number of H-pyrrole nitrogens is 1. The van der Waals surface area contributed by atoms with E-state index in [1.54, 1.807) is 18.0 Å². The molecule has 2 atom stereocenters. The molecule has 1 aliphatic rings. The number of aromatic nitrogens is 2. The molecular formula is C14H15N3OS. The van der Waals surface area contributed by atoms with Gasteiger partial charge in [-0.25, -0.2) is 0 Å². The summed E-state index contributed by atoms with van der Waals surface area (Å²) in [7, 11) is 0. The van der Waals surface area contributed by atoms with Gasteiger partial charge < -0.3 is 5.32 Å². The molecule has 2 N–H and O–H groups in total. The predicted octanol–water partition coefficient (Wildman–Crippen LogP) is 2.30. The van der Waals surface area contributed by atoms with Crippen LogP contribution in [0.15, 0.2) is 41.6 Å². The number of nitrogens with zero attached hydrogens (tertiary/aromatic N) is 1. The Kier molecular flexibility index (Phi) is 3.29. The standard InChI is InChI=1S/C14H15N3OS/c1-9(11-7-15-16-8-11)17-14(18)13-6-10-4-2-3-5-12(10)19-13/h2-5,7-9,13H,6H2,1H3,(H,15,16)(H,17,18). The number of aromatic amines is 1. The van der Waals surface area contributed by atoms with E-state index in [1.165, 1.54) is 10.5 Å². The van der Waals surface area contributed by atoms with Gasteiger partial charge in [0.25, 0.3) is 0 Å². The lowest BCUT2D eigenvalue weighted by atomic mass is 10.1. The van der Waals surface area contributed by atoms with E-state index < -0.39 is 0 Å². The van der Waals surface area contributed by atoms with Crippen molar-refractivity contribution in [3.63, 3.8) is 0 Å². The third-order valence-corrected chi connectivity index (χ3v) is 4.64. The molecule has 0 aliphatic carbocycles. The molecule has 0 fully saturated rings. The lowest BCUT2D eigenvalue weighted by Gasteiger charge is -2.15. The van der Waals surface area contributed by atoms with Gasteiger partial charge in [-0.1, -0.05) is 18.2 Å². The van der Waals surface area contributed by atoms with Crippen LogP contribution in [0.4, 0.5) is 0 Å². The van der Waals surface area contributed by atoms with Gasteiger partial charge in [0.15, 0.2) is 0 Å². The first-order valence-corrected chi connectivity index (χ1v) is 7.15. The van der Waals surface area contributed by atoms with Crippen LogP contribution in [0, 0.1) is 0 Å². The Morgan fingerprint density at radius 1 is 1.53 bits per heavy atom. The summed E-state index contributed by atoms with van der Waals surface area (Å²) in [6, 6.07) is 8.19. The molecule has 98 valence electrons. The van der Waals surface area contributed by atoms with Crippen LogP contribution >= 0.6 is 11.8 Å². The van der Waals surface area contributed by atoms with Gasteiger partial charge in [-0.3, -0.25) is 9.89 Å². The van der Waals surface area contributed by atoms with Crippen molar-refractivity contribution < 1.29 is 4.79 Å². The normalized spacial score (nSPS) is 18.9. The van der Waals surface area contributed by atoms with Gasteiger partial charge in [0.05, 0.1) is 17.5 Å². The topological polar surface area (TPSA) is 57.8 Å². The molecule has 1 aliphatic heterocycles. The number of carbonyl (C=O) groups is 1. The average Bonchev–Trinajstić information content (AvgIpc) is 3.07. The van der Waals surface area contributed by atoms with E-state index >= 15 is 0 Å². The molecule has 0 bridgehead atoms. The Morgan fingerprint density at radius 3 is 3.11 bits per heavy atom. The highest BCUT2D eigenvalue weighted by Crippen LogP contribution is 2.36. The highest BCUT2D eigenvalue weighted by molar-refractivity contribution is 8.01. The Hall–Kier alpha value is -1.75. The molecule has 1 amide bonds. The largest absolute Gasteiger partial charge is 0.348 e. The molecule has 19 heavy (non-hydrogen) atoms. The van der Waals surface area contributed by atoms with Gasteiger partial charge >= 0.3 is 0 Å². The minimum absolute atomic E-state index is 0.0180. The van der Waals surface area contributed by atoms with Gasteiger partial charge in [-0.05, 0) is 25.0 Å². The van der Waals surface area contributed by atoms with E-state index in [0.29, 0.717) is 0 Å². The third-order valence-electron chi connectivity index (χ3n) is 3.32. The summed E-state index contributed by atoms with van der Waals surface area (Å²) in [6.45, 7) is 1.97. The maximum absolute atomic E-state index is 12.3. The minimum Gasteiger partial charge on any atom is -0.348 e. The molecule has 5 heteroatoms. The number of benzene rings is 1. The van der Waals surface area contributed by atoms with Crippen molar-refractivity contribution in [2.24, 2.45) is 0 Å². The second kappa shape index (κ2) is 5.09. The molecule has 2 aromatic rings. The van der Waals surface area contributed by atoms with Crippen LogP contribution in [0.5, 0.6) is 0 Å². The number of carbonyl (C=O) groups excluding carboxylic acids is 1. The number of thioether (sulfide) groups is 1. The Bertz CT molecular complexity index is 557. The third kappa shape index (κ3) is 2.51. The lowest BCUT2D eigenvalue weighted by Crippen LogP contribution is -2.34. The average molecular weight is 273 g/mol. The predicted molar refractivity (Wildman–Crippen MR) is 74.9 cm³/mol. The van der Waals surface area contributed by atoms with Crippen molar-refractivity contribution in [3.05, 3.63) is 47.8 Å². The van der Waals surface area contributed by atoms with Crippen molar-refractivity contribution in [2.45, 2.75) is 29.5 Å². The van der Waals surface area contributed by atoms with Crippen LogP contribution < -0.4 is 5.32 Å². The van der Waals surface area contributed by atoms with Crippen LogP contribution in [0.1, 0.15) is 24.1 Å². The van der Waals surface area contributed by atoms with Gasteiger partial charge in [0.2, 0.25) is 5.91 Å². The zero-order valence-corrected chi connectivity index (χ0v) is 11.4. The highest BCUT2D eigenvalue weighted by Gasteiger charge is 2.28. The Morgan fingerprint density at radius 2 is 2.37 bits per heavy atom. The SMILES string of the molecule is CC(NC(=O)C1Cc2ccccc2S1)c1cn[nH]c1. The van der Waals surface area contributed by atoms with Crippen molar-refractivity contribution in [2.75, 3.05) is 0 Å². The highest BCUT2D eigenvalue weighted by atomic mass is 32.2. The van der Waals surface area contributed by atoms with Crippen LogP contribution in [0.3, 0.4) is 0 Å². The zero-order chi connectivity index (χ0) is 13.2. The van der Waals surface area contributed by atoms with E-state index in [4.69, 9.17) is 0 Å². The first kappa shape index (κ1) is 12.3. The summed E-state index contributed by atoms with van der Waals surface area (Å²) in [6.07, 6.45) is 4.35. The molecular weight excluding hydrogens is 258 g/mol. The summed E-state index contributed by atoms with van der Waals surface area (Å²) in [5, 5.41) is 9.68. The number of nitrogens with one attached hydrogen (secondary N) is 2. The fourth-order valence-corrected chi connectivity index (χ4v) is 3.42. The van der Waals surface area contributed by atoms with Gasteiger partial charge in [-0.15, -0.1) is 11.8 Å². The molecule has 2 heterocycles. The monoisotopic (exact) mass is 273 g/mol. The minimum atomic E-state index is -0.0215. The maximum atomic E-state index is 12.3. The second-order valence-electron chi connectivity index (χ2n) is 4.68. The van der Waals surface area contributed by atoms with Gasteiger partial charge in [-0.2, -0.15) is 5.10 Å². The molecule has 1 aromatic carbocycles. The van der Waals surface area contributed by atoms with Crippen LogP contribution in [-0.4, -0.2) is 21.4 Å². The number of fused-ring (bicyclic) bond motifs is 1. The van der Waals surface area contributed by atoms with E-state index in [1.807, 2.05) is 25.3 Å². The van der Waals surface area contributed by atoms with Crippen molar-refractivity contribution in [3.8, 4) is 0 Å². The summed E-state index contributed by atoms with van der Waals surface area (Å²) >= 11 is 1.65. The first-order valence-electron chi connectivity index (χ1n) is 6.27. The zero-order valence-electron chi connectivity index (χ0n) is 10.6. The van der Waals surface area contributed by atoms with Gasteiger partial charge in [0, 0.05) is 16.7 Å². The number of rotatable bonds is 3. The fraction of sp³-hybridized carbons (Fsp3) is 0.286. The number of hydrogen-bond donors (Lipinski definition) is 2. The molecule has 0 saturated carbocycles. The maximum Gasteiger partial charge on any atom is 0.234 e. The Labute approximate surface area is 116 Å². The lowest BCUT2D eigenvalue weighted by molar-refractivity contribution is -0.121. The quantitative estimate of drug-likeness (QED) is 0.902. The van der Waals surface area contributed by atoms with Crippen molar-refractivity contribution in [1.29, 1.82) is 0 Å². The van der Waals surface area contributed by atoms with Crippen LogP contribution in [0.25, 0.3) is 0 Å². The molecule has 0 saturated heterocycles. The van der Waals surface area contributed by atoms with E-state index in [0.717, 1.165) is 12.0 Å². The van der Waals surface area contributed by atoms with Crippen LogP contribution in [0.2, 0.25) is 0 Å². The fourth-order valence-electron chi connectivity index (χ4n) is 2.22. The molecule has 2 unspecified atom stereocenters. The summed E-state index contributed by atoms with van der Waals surface area (Å²) in [5.74, 6) is 0.0925. The number of hydrogen-bond acceptors (Lipinski definition) is 3. The molecule has 0 spiro atoms. The van der Waals surface area contributed by atoms with Crippen LogP contribution in [-0.2, 0) is 11.2 Å². The van der Waals surface area contributed by atoms with Crippen molar-refractivity contribution in [1.82, 2.24) is 15.5 Å². The van der Waals surface area contributed by atoms with E-state index in [2.05, 4.69) is 27.6 Å². The summed E-state index contributed by atoms with van der Waals surface area (Å²) in [4.78, 5) is 13.5. The molecule has 1 aromatic heterocycles. The van der Waals surface area contributed by atoms with E-state index in [-0.39, 0.29) is 17.2 Å².